The summed E-state index contributed by atoms with van der Waals surface area (Å²) in [6.07, 6.45) is -5.98. The van der Waals surface area contributed by atoms with Crippen LogP contribution in [0.4, 0.5) is 39.5 Å². The van der Waals surface area contributed by atoms with Gasteiger partial charge in [0.15, 0.2) is 5.82 Å². The van der Waals surface area contributed by atoms with Crippen molar-refractivity contribution in [2.75, 3.05) is 28.6 Å². The molecule has 0 unspecified atom stereocenters. The fourth-order valence-corrected chi connectivity index (χ4v) is 4.48. The van der Waals surface area contributed by atoms with Crippen molar-refractivity contribution in [1.82, 2.24) is 10.2 Å². The molecule has 1 aromatic heterocycles. The molecule has 0 aliphatic carbocycles. The monoisotopic (exact) mass is 549 g/mol. The predicted octanol–water partition coefficient (Wildman–Crippen LogP) is 6.19. The lowest BCUT2D eigenvalue weighted by molar-refractivity contribution is -0.140. The molecule has 0 radical (unpaired) electrons. The van der Waals surface area contributed by atoms with Gasteiger partial charge in [-0.3, -0.25) is 5.32 Å². The quantitative estimate of drug-likeness (QED) is 0.327. The second-order valence-electron chi connectivity index (χ2n) is 11.1. The number of aromatic nitrogens is 2. The number of fused-ring (bicyclic) bond motifs is 1. The van der Waals surface area contributed by atoms with Crippen molar-refractivity contribution in [2.45, 2.75) is 65.0 Å². The van der Waals surface area contributed by atoms with Gasteiger partial charge in [0.2, 0.25) is 0 Å². The van der Waals surface area contributed by atoms with E-state index in [0.29, 0.717) is 30.2 Å². The molecule has 1 fully saturated rings. The fourth-order valence-electron chi connectivity index (χ4n) is 4.48. The van der Waals surface area contributed by atoms with E-state index in [4.69, 9.17) is 4.74 Å². The van der Waals surface area contributed by atoms with E-state index in [1.807, 2.05) is 23.1 Å². The average Bonchev–Trinajstić information content (AvgIpc) is 2.78. The lowest BCUT2D eigenvalue weighted by Gasteiger charge is -2.45. The van der Waals surface area contributed by atoms with Crippen LogP contribution < -0.4 is 15.5 Å². The van der Waals surface area contributed by atoms with Gasteiger partial charge in [-0.25, -0.2) is 9.18 Å². The maximum Gasteiger partial charge on any atom is 0.419 e. The molecule has 1 amide bonds. The number of amides is 1. The van der Waals surface area contributed by atoms with Crippen molar-refractivity contribution in [3.8, 4) is 0 Å². The van der Waals surface area contributed by atoms with E-state index in [1.165, 1.54) is 6.92 Å². The number of halogens is 4. The third kappa shape index (κ3) is 6.32. The van der Waals surface area contributed by atoms with Crippen LogP contribution in [0.5, 0.6) is 0 Å². The fraction of sp³-hybridized carbons (Fsp3) is 0.444. The molecule has 4 rings (SSSR count). The number of nitrogens with one attached hydrogen (secondary N) is 2. The number of rotatable bonds is 5. The summed E-state index contributed by atoms with van der Waals surface area (Å²) in [6, 6.07) is 6.25. The summed E-state index contributed by atoms with van der Waals surface area (Å²) in [5, 5.41) is 25.1. The Morgan fingerprint density at radius 3 is 2.38 bits per heavy atom. The molecule has 2 aromatic carbocycles. The summed E-state index contributed by atoms with van der Waals surface area (Å²) in [6.45, 7) is 10.7. The highest BCUT2D eigenvalue weighted by Crippen LogP contribution is 2.38. The molecule has 1 aliphatic rings. The molecule has 12 heteroatoms. The third-order valence-electron chi connectivity index (χ3n) is 6.25. The topological polar surface area (TPSA) is 99.6 Å². The Bertz CT molecular complexity index is 1410. The van der Waals surface area contributed by atoms with Gasteiger partial charge in [-0.15, -0.1) is 5.10 Å². The van der Waals surface area contributed by atoms with Gasteiger partial charge >= 0.3 is 12.3 Å². The number of ether oxygens (including phenoxy) is 1. The number of carbonyl (C=O) groups excluding carboxylic acids is 1. The van der Waals surface area contributed by atoms with Crippen LogP contribution in [-0.2, 0) is 10.9 Å². The minimum Gasteiger partial charge on any atom is -0.444 e. The number of carbonyl (C=O) groups is 1. The number of benzene rings is 2. The highest BCUT2D eigenvalue weighted by molar-refractivity contribution is 5.95. The van der Waals surface area contributed by atoms with Crippen molar-refractivity contribution < 1.29 is 32.2 Å². The number of alkyl halides is 3. The van der Waals surface area contributed by atoms with E-state index in [-0.39, 0.29) is 17.1 Å². The van der Waals surface area contributed by atoms with E-state index in [9.17, 15) is 23.1 Å². The molecule has 0 spiro atoms. The zero-order chi connectivity index (χ0) is 28.9. The van der Waals surface area contributed by atoms with Crippen LogP contribution in [0.1, 0.15) is 57.5 Å². The molecule has 3 N–H and O–H groups in total. The van der Waals surface area contributed by atoms with Crippen molar-refractivity contribution in [3.05, 3.63) is 53.0 Å². The van der Waals surface area contributed by atoms with E-state index >= 15 is 4.39 Å². The van der Waals surface area contributed by atoms with E-state index in [1.54, 1.807) is 34.6 Å². The van der Waals surface area contributed by atoms with E-state index in [2.05, 4.69) is 20.8 Å². The SMILES string of the molecule is Cc1nnc(N[C@H](C)c2cc(NC(=O)OC(C)(C)C)cc(C(F)(F)F)c2F)c2cc(N3CC(C)(O)C3)ccc12. The standard InChI is InChI=1S/C27H31F4N5O3/c1-14(19-9-16(33-24(37)39-25(3,4)5)10-21(22(19)28)27(29,30)31)32-23-20-11-17(36-12-26(6,38)13-36)7-8-18(20)15(2)34-35-23/h7-11,14,38H,12-13H2,1-6H3,(H,32,35)(H,33,37)/t14-/m1/s1. The Morgan fingerprint density at radius 2 is 1.79 bits per heavy atom. The highest BCUT2D eigenvalue weighted by atomic mass is 19.4. The molecule has 2 heterocycles. The maximum atomic E-state index is 15.2. The molecule has 39 heavy (non-hydrogen) atoms. The number of anilines is 3. The van der Waals surface area contributed by atoms with E-state index < -0.39 is 40.9 Å². The van der Waals surface area contributed by atoms with Gasteiger partial charge < -0.3 is 20.1 Å². The third-order valence-corrected chi connectivity index (χ3v) is 6.25. The minimum atomic E-state index is -5.01. The van der Waals surface area contributed by atoms with Crippen LogP contribution in [0.15, 0.2) is 30.3 Å². The second-order valence-corrected chi connectivity index (χ2v) is 11.1. The summed E-state index contributed by atoms with van der Waals surface area (Å²) in [5.41, 5.74) is -2.33. The largest absolute Gasteiger partial charge is 0.444 e. The zero-order valence-electron chi connectivity index (χ0n) is 22.5. The summed E-state index contributed by atoms with van der Waals surface area (Å²) in [5.74, 6) is -1.22. The van der Waals surface area contributed by atoms with Crippen LogP contribution in [-0.4, -0.2) is 45.7 Å². The van der Waals surface area contributed by atoms with Crippen LogP contribution >= 0.6 is 0 Å². The van der Waals surface area contributed by atoms with Gasteiger partial charge in [0, 0.05) is 40.8 Å². The number of hydrogen-bond acceptors (Lipinski definition) is 7. The number of β-amino-alcohol motifs (C(OH)–C–C–N with tert-alkyl or cyclic N) is 1. The van der Waals surface area contributed by atoms with Crippen LogP contribution in [0, 0.1) is 12.7 Å². The normalized spacial score (nSPS) is 16.0. The Kier molecular flexibility index (Phi) is 7.13. The molecule has 0 saturated carbocycles. The lowest BCUT2D eigenvalue weighted by atomic mass is 9.95. The van der Waals surface area contributed by atoms with Gasteiger partial charge in [-0.2, -0.15) is 18.3 Å². The van der Waals surface area contributed by atoms with Crippen LogP contribution in [0.2, 0.25) is 0 Å². The summed E-state index contributed by atoms with van der Waals surface area (Å²) in [7, 11) is 0. The summed E-state index contributed by atoms with van der Waals surface area (Å²) < 4.78 is 61.5. The molecular weight excluding hydrogens is 518 g/mol. The summed E-state index contributed by atoms with van der Waals surface area (Å²) in [4.78, 5) is 14.2. The Balaban J connectivity index is 1.70. The van der Waals surface area contributed by atoms with Crippen molar-refractivity contribution >= 4 is 34.1 Å². The van der Waals surface area contributed by atoms with Crippen molar-refractivity contribution in [1.29, 1.82) is 0 Å². The first-order valence-corrected chi connectivity index (χ1v) is 12.3. The average molecular weight is 550 g/mol. The first-order chi connectivity index (χ1) is 17.9. The second kappa shape index (κ2) is 9.82. The number of hydrogen-bond donors (Lipinski definition) is 3. The molecule has 3 aromatic rings. The molecule has 0 bridgehead atoms. The first kappa shape index (κ1) is 28.3. The Labute approximate surface area is 223 Å². The Hall–Kier alpha value is -3.67. The minimum absolute atomic E-state index is 0.246. The highest BCUT2D eigenvalue weighted by Gasteiger charge is 2.38. The predicted molar refractivity (Wildman–Crippen MR) is 140 cm³/mol. The summed E-state index contributed by atoms with van der Waals surface area (Å²) >= 11 is 0. The van der Waals surface area contributed by atoms with Gasteiger partial charge in [0.25, 0.3) is 0 Å². The Morgan fingerprint density at radius 1 is 1.13 bits per heavy atom. The van der Waals surface area contributed by atoms with Crippen LogP contribution in [0.3, 0.4) is 0 Å². The first-order valence-electron chi connectivity index (χ1n) is 12.3. The molecular formula is C27H31F4N5O3. The van der Waals surface area contributed by atoms with Gasteiger partial charge in [0.1, 0.15) is 11.4 Å². The number of aryl methyl sites for hydroxylation is 1. The van der Waals surface area contributed by atoms with Crippen molar-refractivity contribution in [2.24, 2.45) is 0 Å². The van der Waals surface area contributed by atoms with Gasteiger partial charge in [-0.05, 0) is 65.8 Å². The smallest absolute Gasteiger partial charge is 0.419 e. The van der Waals surface area contributed by atoms with E-state index in [0.717, 1.165) is 17.1 Å². The van der Waals surface area contributed by atoms with Gasteiger partial charge in [-0.1, -0.05) is 6.07 Å². The molecule has 1 atom stereocenters. The molecule has 1 saturated heterocycles. The zero-order valence-corrected chi connectivity index (χ0v) is 22.5. The molecule has 210 valence electrons. The maximum absolute atomic E-state index is 15.2. The number of nitrogens with zero attached hydrogens (tertiary/aromatic N) is 3. The van der Waals surface area contributed by atoms with Gasteiger partial charge in [0.05, 0.1) is 22.9 Å². The van der Waals surface area contributed by atoms with Crippen molar-refractivity contribution in [3.63, 3.8) is 0 Å². The molecule has 8 nitrogen and oxygen atoms in total. The lowest BCUT2D eigenvalue weighted by Crippen LogP contribution is -2.60. The molecule has 1 aliphatic heterocycles. The number of aliphatic hydroxyl groups is 1. The van der Waals surface area contributed by atoms with Crippen LogP contribution in [0.25, 0.3) is 10.8 Å².